The molecule has 0 bridgehead atoms. The molecule has 0 amide bonds. The zero-order chi connectivity index (χ0) is 13.3. The molecule has 0 aliphatic carbocycles. The molecule has 0 saturated heterocycles. The van der Waals surface area contributed by atoms with Crippen LogP contribution in [0.25, 0.3) is 0 Å². The summed E-state index contributed by atoms with van der Waals surface area (Å²) in [6.07, 6.45) is 0. The molecule has 2 rings (SSSR count). The summed E-state index contributed by atoms with van der Waals surface area (Å²) in [5, 5.41) is 0. The average Bonchev–Trinajstić information content (AvgIpc) is 2.77. The van der Waals surface area contributed by atoms with Crippen LogP contribution in [0.2, 0.25) is 0 Å². The van der Waals surface area contributed by atoms with E-state index < -0.39 is 0 Å². The van der Waals surface area contributed by atoms with Gasteiger partial charge in [0.2, 0.25) is 5.90 Å². The molecular formula is C14H20N2O2. The smallest absolute Gasteiger partial charge is 0.235 e. The van der Waals surface area contributed by atoms with Crippen molar-refractivity contribution in [3.63, 3.8) is 0 Å². The molecule has 1 aromatic heterocycles. The molecule has 4 nitrogen and oxygen atoms in total. The highest BCUT2D eigenvalue weighted by atomic mass is 16.5. The van der Waals surface area contributed by atoms with Crippen molar-refractivity contribution < 1.29 is 9.47 Å². The number of rotatable bonds is 2. The van der Waals surface area contributed by atoms with E-state index in [1.54, 1.807) is 7.11 Å². The third-order valence-electron chi connectivity index (χ3n) is 3.03. The normalized spacial score (nSPS) is 19.4. The standard InChI is InChI=1S/C14H20N2O2/c1-9-6-10(17-5)7-11(15-9)13-16-12(8-18-13)14(2,3)4/h6-7,12H,8H2,1-5H3/t12-/m0/s1. The second-order valence-electron chi connectivity index (χ2n) is 5.66. The van der Waals surface area contributed by atoms with Crippen LogP contribution in [0.4, 0.5) is 0 Å². The van der Waals surface area contributed by atoms with Gasteiger partial charge in [-0.1, -0.05) is 20.8 Å². The van der Waals surface area contributed by atoms with Crippen molar-refractivity contribution in [2.75, 3.05) is 13.7 Å². The Morgan fingerprint density at radius 3 is 2.61 bits per heavy atom. The lowest BCUT2D eigenvalue weighted by Gasteiger charge is -2.21. The molecule has 1 aromatic rings. The summed E-state index contributed by atoms with van der Waals surface area (Å²) in [6, 6.07) is 3.93. The predicted molar refractivity (Wildman–Crippen MR) is 71.3 cm³/mol. The molecule has 0 aromatic carbocycles. The number of aliphatic imine (C=N–C) groups is 1. The van der Waals surface area contributed by atoms with E-state index in [0.29, 0.717) is 12.5 Å². The first-order valence-electron chi connectivity index (χ1n) is 6.14. The van der Waals surface area contributed by atoms with E-state index in [2.05, 4.69) is 30.7 Å². The van der Waals surface area contributed by atoms with E-state index in [1.165, 1.54) is 0 Å². The minimum Gasteiger partial charge on any atom is -0.497 e. The van der Waals surface area contributed by atoms with Crippen LogP contribution in [0.3, 0.4) is 0 Å². The Hall–Kier alpha value is -1.58. The number of nitrogens with zero attached hydrogens (tertiary/aromatic N) is 2. The molecular weight excluding hydrogens is 228 g/mol. The average molecular weight is 248 g/mol. The third kappa shape index (κ3) is 2.63. The molecule has 0 N–H and O–H groups in total. The first-order valence-corrected chi connectivity index (χ1v) is 6.14. The van der Waals surface area contributed by atoms with Gasteiger partial charge in [-0.2, -0.15) is 0 Å². The van der Waals surface area contributed by atoms with E-state index in [4.69, 9.17) is 9.47 Å². The lowest BCUT2D eigenvalue weighted by Crippen LogP contribution is -2.25. The fraction of sp³-hybridized carbons (Fsp3) is 0.571. The van der Waals surface area contributed by atoms with Gasteiger partial charge in [0.05, 0.1) is 13.2 Å². The van der Waals surface area contributed by atoms with Crippen LogP contribution >= 0.6 is 0 Å². The monoisotopic (exact) mass is 248 g/mol. The van der Waals surface area contributed by atoms with Crippen molar-refractivity contribution in [1.82, 2.24) is 4.98 Å². The van der Waals surface area contributed by atoms with Gasteiger partial charge in [-0.15, -0.1) is 0 Å². The minimum absolute atomic E-state index is 0.107. The Kier molecular flexibility index (Phi) is 3.28. The number of pyridine rings is 1. The van der Waals surface area contributed by atoms with Gasteiger partial charge < -0.3 is 9.47 Å². The van der Waals surface area contributed by atoms with Crippen molar-refractivity contribution in [3.05, 3.63) is 23.5 Å². The fourth-order valence-corrected chi connectivity index (χ4v) is 1.82. The van der Waals surface area contributed by atoms with Crippen LogP contribution in [0.5, 0.6) is 5.75 Å². The van der Waals surface area contributed by atoms with Gasteiger partial charge in [-0.25, -0.2) is 9.98 Å². The highest BCUT2D eigenvalue weighted by Crippen LogP contribution is 2.27. The fourth-order valence-electron chi connectivity index (χ4n) is 1.82. The number of methoxy groups -OCH3 is 1. The molecule has 98 valence electrons. The van der Waals surface area contributed by atoms with Gasteiger partial charge in [0.15, 0.2) is 0 Å². The van der Waals surface area contributed by atoms with Gasteiger partial charge in [-0.3, -0.25) is 0 Å². The molecule has 18 heavy (non-hydrogen) atoms. The quantitative estimate of drug-likeness (QED) is 0.808. The minimum atomic E-state index is 0.107. The van der Waals surface area contributed by atoms with Gasteiger partial charge >= 0.3 is 0 Å². The zero-order valence-corrected chi connectivity index (χ0v) is 11.7. The maximum absolute atomic E-state index is 5.66. The van der Waals surface area contributed by atoms with Gasteiger partial charge in [0.1, 0.15) is 18.1 Å². The van der Waals surface area contributed by atoms with Crippen LogP contribution in [0.15, 0.2) is 17.1 Å². The largest absolute Gasteiger partial charge is 0.497 e. The van der Waals surface area contributed by atoms with E-state index in [9.17, 15) is 0 Å². The van der Waals surface area contributed by atoms with Crippen LogP contribution in [-0.4, -0.2) is 30.6 Å². The van der Waals surface area contributed by atoms with Gasteiger partial charge in [-0.05, 0) is 12.3 Å². The maximum atomic E-state index is 5.66. The molecule has 0 unspecified atom stereocenters. The summed E-state index contributed by atoms with van der Waals surface area (Å²) in [4.78, 5) is 9.07. The van der Waals surface area contributed by atoms with Crippen molar-refractivity contribution >= 4 is 5.90 Å². The van der Waals surface area contributed by atoms with Crippen LogP contribution < -0.4 is 4.74 Å². The Balaban J connectivity index is 2.30. The van der Waals surface area contributed by atoms with Crippen LogP contribution in [0, 0.1) is 12.3 Å². The number of hydrogen-bond acceptors (Lipinski definition) is 4. The zero-order valence-electron chi connectivity index (χ0n) is 11.7. The number of aromatic nitrogens is 1. The SMILES string of the molecule is COc1cc(C)nc(C2=N[C@H](C(C)(C)C)CO2)c1. The molecule has 0 radical (unpaired) electrons. The summed E-state index contributed by atoms with van der Waals surface area (Å²) < 4.78 is 10.9. The maximum Gasteiger partial charge on any atom is 0.235 e. The van der Waals surface area contributed by atoms with E-state index in [1.807, 2.05) is 19.1 Å². The van der Waals surface area contributed by atoms with Crippen LogP contribution in [0.1, 0.15) is 32.2 Å². The Bertz CT molecular complexity index is 475. The lowest BCUT2D eigenvalue weighted by molar-refractivity contribution is 0.235. The van der Waals surface area contributed by atoms with E-state index >= 15 is 0 Å². The topological polar surface area (TPSA) is 43.7 Å². The molecule has 2 heterocycles. The van der Waals surface area contributed by atoms with Crippen LogP contribution in [-0.2, 0) is 4.74 Å². The van der Waals surface area contributed by atoms with Crippen molar-refractivity contribution in [3.8, 4) is 5.75 Å². The molecule has 1 aliphatic heterocycles. The molecule has 0 fully saturated rings. The highest BCUT2D eigenvalue weighted by Gasteiger charge is 2.31. The van der Waals surface area contributed by atoms with Crippen molar-refractivity contribution in [2.45, 2.75) is 33.7 Å². The number of ether oxygens (including phenoxy) is 2. The molecule has 4 heteroatoms. The van der Waals surface area contributed by atoms with E-state index in [0.717, 1.165) is 17.1 Å². The molecule has 1 atom stereocenters. The first-order chi connectivity index (χ1) is 8.40. The molecule has 0 saturated carbocycles. The summed E-state index contributed by atoms with van der Waals surface area (Å²) in [7, 11) is 1.65. The predicted octanol–water partition coefficient (Wildman–Crippen LogP) is 2.59. The van der Waals surface area contributed by atoms with Crippen molar-refractivity contribution in [1.29, 1.82) is 0 Å². The highest BCUT2D eigenvalue weighted by molar-refractivity contribution is 5.93. The third-order valence-corrected chi connectivity index (χ3v) is 3.03. The second kappa shape index (κ2) is 4.59. The summed E-state index contributed by atoms with van der Waals surface area (Å²) in [6.45, 7) is 9.05. The van der Waals surface area contributed by atoms with Gasteiger partial charge in [0.25, 0.3) is 0 Å². The van der Waals surface area contributed by atoms with Crippen molar-refractivity contribution in [2.24, 2.45) is 10.4 Å². The first kappa shape index (κ1) is 12.9. The summed E-state index contributed by atoms with van der Waals surface area (Å²) in [5.74, 6) is 1.40. The van der Waals surface area contributed by atoms with Gasteiger partial charge in [0, 0.05) is 17.8 Å². The lowest BCUT2D eigenvalue weighted by atomic mass is 9.88. The summed E-state index contributed by atoms with van der Waals surface area (Å²) in [5.41, 5.74) is 1.75. The number of aryl methyl sites for hydroxylation is 1. The summed E-state index contributed by atoms with van der Waals surface area (Å²) >= 11 is 0. The molecule has 0 spiro atoms. The second-order valence-corrected chi connectivity index (χ2v) is 5.66. The van der Waals surface area contributed by atoms with E-state index in [-0.39, 0.29) is 11.5 Å². The molecule has 1 aliphatic rings. The Morgan fingerprint density at radius 2 is 2.06 bits per heavy atom. The number of hydrogen-bond donors (Lipinski definition) is 0. The Labute approximate surface area is 108 Å². The Morgan fingerprint density at radius 1 is 1.33 bits per heavy atom.